The summed E-state index contributed by atoms with van der Waals surface area (Å²) in [5, 5.41) is 0. The van der Waals surface area contributed by atoms with Crippen LogP contribution >= 0.6 is 7.82 Å². The molecule has 0 spiro atoms. The number of allylic oxidation sites excluding steroid dienone is 4. The van der Waals surface area contributed by atoms with E-state index in [0.717, 1.165) is 70.6 Å². The van der Waals surface area contributed by atoms with Crippen molar-refractivity contribution in [3.8, 4) is 0 Å². The van der Waals surface area contributed by atoms with Crippen LogP contribution in [0.15, 0.2) is 24.3 Å². The lowest BCUT2D eigenvalue weighted by Crippen LogP contribution is -2.29. The van der Waals surface area contributed by atoms with E-state index in [1.54, 1.807) is 6.08 Å². The second-order valence-corrected chi connectivity index (χ2v) is 15.4. The van der Waals surface area contributed by atoms with Crippen LogP contribution in [0.4, 0.5) is 0 Å². The number of rotatable bonds is 39. The third-order valence-electron chi connectivity index (χ3n) is 8.82. The predicted molar refractivity (Wildman–Crippen MR) is 211 cm³/mol. The number of ether oxygens (including phenoxy) is 2. The number of phosphoric acid groups is 1. The van der Waals surface area contributed by atoms with E-state index in [9.17, 15) is 23.8 Å². The highest BCUT2D eigenvalue weighted by atomic mass is 31.2. The summed E-state index contributed by atoms with van der Waals surface area (Å²) in [5.74, 6) is -0.707. The summed E-state index contributed by atoms with van der Waals surface area (Å²) >= 11 is 0. The lowest BCUT2D eigenvalue weighted by molar-refractivity contribution is -0.161. The van der Waals surface area contributed by atoms with Crippen LogP contribution in [0.1, 0.15) is 187 Å². The van der Waals surface area contributed by atoms with Gasteiger partial charge in [0.05, 0.1) is 13.2 Å². The van der Waals surface area contributed by atoms with Gasteiger partial charge in [0.15, 0.2) is 11.9 Å². The van der Waals surface area contributed by atoms with Crippen molar-refractivity contribution in [1.29, 1.82) is 0 Å². The number of ketones is 1. The molecule has 0 aromatic rings. The van der Waals surface area contributed by atoms with Crippen LogP contribution in [-0.2, 0) is 37.5 Å². The van der Waals surface area contributed by atoms with Gasteiger partial charge in [0.1, 0.15) is 6.61 Å². The van der Waals surface area contributed by atoms with Crippen LogP contribution in [0.25, 0.3) is 0 Å². The van der Waals surface area contributed by atoms with Crippen molar-refractivity contribution in [2.75, 3.05) is 26.4 Å². The first kappa shape index (κ1) is 50.2. The first-order valence-electron chi connectivity index (χ1n) is 20.8. The van der Waals surface area contributed by atoms with Crippen molar-refractivity contribution in [1.82, 2.24) is 0 Å². The fourth-order valence-electron chi connectivity index (χ4n) is 5.67. The molecule has 3 N–H and O–H groups in total. The maximum atomic E-state index is 12.6. The molecule has 0 radical (unpaired) electrons. The van der Waals surface area contributed by atoms with E-state index in [0.29, 0.717) is 19.3 Å². The van der Waals surface area contributed by atoms with Crippen LogP contribution < -0.4 is 5.73 Å². The van der Waals surface area contributed by atoms with Gasteiger partial charge in [0.25, 0.3) is 0 Å². The third-order valence-corrected chi connectivity index (χ3v) is 9.80. The molecule has 0 aromatic heterocycles. The minimum atomic E-state index is -4.39. The molecule has 0 saturated heterocycles. The number of esters is 2. The molecule has 0 fully saturated rings. The van der Waals surface area contributed by atoms with Gasteiger partial charge in [-0.3, -0.25) is 23.4 Å². The quantitative estimate of drug-likeness (QED) is 0.0204. The van der Waals surface area contributed by atoms with Crippen LogP contribution in [0, 0.1) is 0 Å². The van der Waals surface area contributed by atoms with Gasteiger partial charge >= 0.3 is 19.8 Å². The molecular weight excluding hydrogens is 681 g/mol. The molecule has 10 nitrogen and oxygen atoms in total. The zero-order valence-corrected chi connectivity index (χ0v) is 33.9. The normalized spacial score (nSPS) is 13.5. The smallest absolute Gasteiger partial charge is 0.462 e. The van der Waals surface area contributed by atoms with Gasteiger partial charge < -0.3 is 20.1 Å². The van der Waals surface area contributed by atoms with Crippen LogP contribution in [0.3, 0.4) is 0 Å². The molecule has 0 aliphatic heterocycles. The summed E-state index contributed by atoms with van der Waals surface area (Å²) in [6.07, 6.45) is 34.7. The van der Waals surface area contributed by atoms with E-state index < -0.39 is 32.5 Å². The Morgan fingerprint density at radius 2 is 1.10 bits per heavy atom. The molecule has 2 atom stereocenters. The Kier molecular flexibility index (Phi) is 36.1. The highest BCUT2D eigenvalue weighted by Crippen LogP contribution is 2.43. The van der Waals surface area contributed by atoms with Crippen molar-refractivity contribution in [3.63, 3.8) is 0 Å². The van der Waals surface area contributed by atoms with Gasteiger partial charge in [-0.15, -0.1) is 0 Å². The SMILES string of the molecule is CCCCCCCCCCCCCCCCCC(=O)O[C@H](COC(=O)CCCCCCC/C=C\C=C\C(=O)CCCCC)COP(=O)(O)OCCN. The molecule has 0 aliphatic rings. The Labute approximate surface area is 317 Å². The van der Waals surface area contributed by atoms with E-state index in [1.165, 1.54) is 70.6 Å². The number of carbonyl (C=O) groups is 3. The fraction of sp³-hybridized carbons (Fsp3) is 0.829. The lowest BCUT2D eigenvalue weighted by atomic mass is 10.0. The minimum absolute atomic E-state index is 0.0420. The Balaban J connectivity index is 4.23. The molecule has 304 valence electrons. The van der Waals surface area contributed by atoms with Gasteiger partial charge in [0, 0.05) is 25.8 Å². The average Bonchev–Trinajstić information content (AvgIpc) is 3.12. The molecule has 0 aliphatic carbocycles. The maximum Gasteiger partial charge on any atom is 0.472 e. The topological polar surface area (TPSA) is 151 Å². The Hall–Kier alpha value is -1.84. The van der Waals surface area contributed by atoms with Crippen LogP contribution in [0.2, 0.25) is 0 Å². The first-order chi connectivity index (χ1) is 25.2. The number of unbranched alkanes of at least 4 members (excludes halogenated alkanes) is 21. The zero-order chi connectivity index (χ0) is 38.4. The molecule has 0 saturated carbocycles. The van der Waals surface area contributed by atoms with E-state index in [1.807, 2.05) is 12.2 Å². The third kappa shape index (κ3) is 36.5. The first-order valence-corrected chi connectivity index (χ1v) is 22.3. The van der Waals surface area contributed by atoms with Crippen molar-refractivity contribution < 1.29 is 42.4 Å². The number of carbonyl (C=O) groups excluding carboxylic acids is 3. The summed E-state index contributed by atoms with van der Waals surface area (Å²) in [4.78, 5) is 46.5. The molecule has 0 bridgehead atoms. The van der Waals surface area contributed by atoms with Crippen molar-refractivity contribution in [2.45, 2.75) is 193 Å². The largest absolute Gasteiger partial charge is 0.472 e. The predicted octanol–water partition coefficient (Wildman–Crippen LogP) is 10.8. The molecule has 0 aromatic carbocycles. The number of hydrogen-bond donors (Lipinski definition) is 2. The Morgan fingerprint density at radius 1 is 0.615 bits per heavy atom. The second-order valence-electron chi connectivity index (χ2n) is 13.9. The van der Waals surface area contributed by atoms with E-state index in [2.05, 4.69) is 19.9 Å². The van der Waals surface area contributed by atoms with Crippen molar-refractivity contribution in [3.05, 3.63) is 24.3 Å². The average molecular weight is 758 g/mol. The molecule has 11 heteroatoms. The van der Waals surface area contributed by atoms with Crippen LogP contribution in [-0.4, -0.2) is 55.1 Å². The summed E-state index contributed by atoms with van der Waals surface area (Å²) in [7, 11) is -4.39. The number of nitrogens with two attached hydrogens (primary N) is 1. The van der Waals surface area contributed by atoms with Crippen molar-refractivity contribution >= 4 is 25.5 Å². The van der Waals surface area contributed by atoms with Crippen LogP contribution in [0.5, 0.6) is 0 Å². The molecule has 52 heavy (non-hydrogen) atoms. The molecular formula is C41H76NO9P. The summed E-state index contributed by atoms with van der Waals surface area (Å²) in [5.41, 5.74) is 5.33. The highest BCUT2D eigenvalue weighted by molar-refractivity contribution is 7.47. The monoisotopic (exact) mass is 758 g/mol. The highest BCUT2D eigenvalue weighted by Gasteiger charge is 2.26. The Bertz CT molecular complexity index is 972. The summed E-state index contributed by atoms with van der Waals surface area (Å²) < 4.78 is 32.7. The molecule has 0 heterocycles. The van der Waals surface area contributed by atoms with E-state index >= 15 is 0 Å². The minimum Gasteiger partial charge on any atom is -0.462 e. The molecule has 0 amide bonds. The Morgan fingerprint density at radius 3 is 1.65 bits per heavy atom. The van der Waals surface area contributed by atoms with Gasteiger partial charge in [-0.25, -0.2) is 4.57 Å². The number of phosphoric ester groups is 1. The van der Waals surface area contributed by atoms with Crippen molar-refractivity contribution in [2.24, 2.45) is 5.73 Å². The van der Waals surface area contributed by atoms with Gasteiger partial charge in [-0.05, 0) is 38.2 Å². The standard InChI is InChI=1S/C41H76NO9P/c1-3-5-7-8-9-10-11-12-13-14-15-18-22-25-29-33-41(45)51-39(37-50-52(46,47)49-35-34-42)36-48-40(44)32-28-24-21-19-16-17-20-23-27-31-38(43)30-26-6-4-2/h20,23,27,31,39H,3-19,21-22,24-26,28-30,32-37,42H2,1-2H3,(H,46,47)/b23-20-,31-27+/t39-/m1/s1. The van der Waals surface area contributed by atoms with E-state index in [4.69, 9.17) is 24.3 Å². The zero-order valence-electron chi connectivity index (χ0n) is 33.0. The van der Waals surface area contributed by atoms with E-state index in [-0.39, 0.29) is 38.4 Å². The maximum absolute atomic E-state index is 12.6. The second kappa shape index (κ2) is 37.5. The lowest BCUT2D eigenvalue weighted by Gasteiger charge is -2.19. The van der Waals surface area contributed by atoms with Gasteiger partial charge in [0.2, 0.25) is 0 Å². The van der Waals surface area contributed by atoms with Gasteiger partial charge in [-0.2, -0.15) is 0 Å². The van der Waals surface area contributed by atoms with Gasteiger partial charge in [-0.1, -0.05) is 154 Å². The summed E-state index contributed by atoms with van der Waals surface area (Å²) in [6, 6.07) is 0. The molecule has 0 rings (SSSR count). The molecule has 1 unspecified atom stereocenters. The summed E-state index contributed by atoms with van der Waals surface area (Å²) in [6.45, 7) is 3.53. The number of hydrogen-bond acceptors (Lipinski definition) is 9. The fourth-order valence-corrected chi connectivity index (χ4v) is 6.44.